The van der Waals surface area contributed by atoms with Gasteiger partial charge in [0.1, 0.15) is 11.2 Å². The van der Waals surface area contributed by atoms with Gasteiger partial charge in [-0.3, -0.25) is 14.4 Å². The van der Waals surface area contributed by atoms with E-state index in [2.05, 4.69) is 53.1 Å². The number of hydrogen-bond acceptors (Lipinski definition) is 11. The Labute approximate surface area is 465 Å². The van der Waals surface area contributed by atoms with Gasteiger partial charge in [0.25, 0.3) is 0 Å². The molecule has 3 aromatic carbocycles. The van der Waals surface area contributed by atoms with Gasteiger partial charge in [0.2, 0.25) is 17.7 Å². The van der Waals surface area contributed by atoms with Crippen LogP contribution in [0.15, 0.2) is 91.0 Å². The average Bonchev–Trinajstić information content (AvgIpc) is 3.40. The molecule has 3 aliphatic rings. The second-order valence-corrected chi connectivity index (χ2v) is 23.4. The number of aryl methyl sites for hydroxylation is 1. The van der Waals surface area contributed by atoms with Crippen LogP contribution in [-0.4, -0.2) is 134 Å². The third-order valence-electron chi connectivity index (χ3n) is 14.4. The van der Waals surface area contributed by atoms with Gasteiger partial charge in [0.15, 0.2) is 0 Å². The van der Waals surface area contributed by atoms with E-state index in [1.54, 1.807) is 25.7 Å². The van der Waals surface area contributed by atoms with Crippen LogP contribution in [0.25, 0.3) is 0 Å². The molecule has 0 spiro atoms. The van der Waals surface area contributed by atoms with Crippen LogP contribution < -0.4 is 10.6 Å². The summed E-state index contributed by atoms with van der Waals surface area (Å²) in [7, 11) is 3.81. The molecule has 6 rings (SSSR count). The minimum atomic E-state index is -0.555. The largest absolute Gasteiger partial charge is 0.444 e. The molecule has 16 nitrogen and oxygen atoms in total. The lowest BCUT2D eigenvalue weighted by Crippen LogP contribution is -2.45. The molecule has 3 aromatic rings. The molecule has 0 unspecified atom stereocenters. The fraction of sp³-hybridized carbons (Fsp3) is 0.581. The number of likely N-dealkylation sites (N-methyl/N-ethyl adjacent to an activating group) is 1. The van der Waals surface area contributed by atoms with Crippen molar-refractivity contribution in [3.8, 4) is 18.2 Å². The first kappa shape index (κ1) is 63.6. The molecule has 2 N–H and O–H groups in total. The van der Waals surface area contributed by atoms with E-state index in [-0.39, 0.29) is 41.5 Å². The highest BCUT2D eigenvalue weighted by Gasteiger charge is 2.38. The van der Waals surface area contributed by atoms with E-state index in [4.69, 9.17) is 9.47 Å². The highest BCUT2D eigenvalue weighted by Crippen LogP contribution is 2.37. The van der Waals surface area contributed by atoms with Gasteiger partial charge >= 0.3 is 12.2 Å². The van der Waals surface area contributed by atoms with E-state index in [1.807, 2.05) is 116 Å². The minimum absolute atomic E-state index is 0.00249. The van der Waals surface area contributed by atoms with E-state index < -0.39 is 28.8 Å². The topological polar surface area (TPSA) is 212 Å². The summed E-state index contributed by atoms with van der Waals surface area (Å²) < 4.78 is 10.3. The number of nitrogens with one attached hydrogen (secondary N) is 2. The number of rotatable bonds is 17. The molecule has 0 radical (unpaired) electrons. The fourth-order valence-electron chi connectivity index (χ4n) is 9.81. The molecular formula is C62H87N9O7. The van der Waals surface area contributed by atoms with Gasteiger partial charge in [0, 0.05) is 65.2 Å². The summed E-state index contributed by atoms with van der Waals surface area (Å²) in [5.41, 5.74) is 1.48. The van der Waals surface area contributed by atoms with E-state index in [0.717, 1.165) is 50.5 Å². The number of amides is 5. The monoisotopic (exact) mass is 1070 g/mol. The number of likely N-dealkylation sites (tertiary alicyclic amines) is 3. The normalized spacial score (nSPS) is 16.5. The van der Waals surface area contributed by atoms with Crippen LogP contribution in [0.1, 0.15) is 129 Å². The fourth-order valence-corrected chi connectivity index (χ4v) is 9.81. The molecule has 16 heteroatoms. The molecule has 3 fully saturated rings. The Kier molecular flexibility index (Phi) is 25.1. The van der Waals surface area contributed by atoms with Gasteiger partial charge in [-0.2, -0.15) is 15.8 Å². The number of hydrogen-bond donors (Lipinski definition) is 2. The predicted octanol–water partition coefficient (Wildman–Crippen LogP) is 9.65. The number of unbranched alkanes of at least 4 members (excludes halogenated alkanes) is 1. The molecule has 0 atom stereocenters. The van der Waals surface area contributed by atoms with E-state index in [1.165, 1.54) is 11.1 Å². The summed E-state index contributed by atoms with van der Waals surface area (Å²) in [6.07, 6.45) is 8.82. The number of piperidine rings is 3. The highest BCUT2D eigenvalue weighted by atomic mass is 16.6. The van der Waals surface area contributed by atoms with Crippen LogP contribution >= 0.6 is 0 Å². The molecule has 3 saturated heterocycles. The van der Waals surface area contributed by atoms with Crippen molar-refractivity contribution in [1.29, 1.82) is 15.8 Å². The number of nitriles is 3. The summed E-state index contributed by atoms with van der Waals surface area (Å²) in [6, 6.07) is 38.0. The number of carbonyl (C=O) groups is 5. The smallest absolute Gasteiger partial charge is 0.407 e. The van der Waals surface area contributed by atoms with Crippen LogP contribution in [0.3, 0.4) is 0 Å². The van der Waals surface area contributed by atoms with E-state index in [0.29, 0.717) is 90.9 Å². The molecule has 422 valence electrons. The first-order valence-electron chi connectivity index (χ1n) is 27.8. The van der Waals surface area contributed by atoms with Crippen molar-refractivity contribution < 1.29 is 33.4 Å². The van der Waals surface area contributed by atoms with Crippen molar-refractivity contribution in [2.24, 2.45) is 16.2 Å². The maximum absolute atomic E-state index is 12.5. The standard InChI is InChI=1S/C23H33N3O3.C21H29N3O3.C18H25N3O/c1-22(2,3)29-21(28)25-14-8-7-11-20(27)26-15-12-23(18-24,13-16-26)17-19-9-5-4-6-10-19;1-20(2,3)27-19(26)23-12-9-18(25)24-13-10-21(16-22,11-14-24)15-17-7-5-4-6-8-17;1-20(2)14-17(22)21-12-10-18(15-19,11-13-21)9-8-16-6-4-3-5-7-16/h4-6,9-10H,7-8,11-17H2,1-3H3,(H,25,28);4-8H,9-15H2,1-3H3,(H,23,26);3-7H,8-14H2,1-2H3. The lowest BCUT2D eigenvalue weighted by molar-refractivity contribution is -0.134. The van der Waals surface area contributed by atoms with E-state index in [9.17, 15) is 39.8 Å². The first-order chi connectivity index (χ1) is 37.0. The third-order valence-corrected chi connectivity index (χ3v) is 14.4. The van der Waals surface area contributed by atoms with Gasteiger partial charge in [-0.15, -0.1) is 0 Å². The second-order valence-electron chi connectivity index (χ2n) is 23.4. The number of ether oxygens (including phenoxy) is 2. The number of benzene rings is 3. The van der Waals surface area contributed by atoms with Crippen LogP contribution in [-0.2, 0) is 43.1 Å². The maximum Gasteiger partial charge on any atom is 0.407 e. The third kappa shape index (κ3) is 22.9. The maximum atomic E-state index is 12.5. The zero-order valence-corrected chi connectivity index (χ0v) is 47.9. The van der Waals surface area contributed by atoms with E-state index >= 15 is 0 Å². The second kappa shape index (κ2) is 30.8. The number of nitrogens with zero attached hydrogens (tertiary/aromatic N) is 7. The number of alkyl carbamates (subject to hydrolysis) is 2. The zero-order valence-electron chi connectivity index (χ0n) is 47.9. The summed E-state index contributed by atoms with van der Waals surface area (Å²) in [4.78, 5) is 67.6. The molecule has 78 heavy (non-hydrogen) atoms. The molecule has 0 saturated carbocycles. The average molecular weight is 1070 g/mol. The highest BCUT2D eigenvalue weighted by molar-refractivity contribution is 5.78. The summed E-state index contributed by atoms with van der Waals surface area (Å²) in [5, 5.41) is 34.4. The quantitative estimate of drug-likeness (QED) is 0.122. The van der Waals surface area contributed by atoms with Crippen LogP contribution in [0.4, 0.5) is 9.59 Å². The molecule has 3 heterocycles. The first-order valence-corrected chi connectivity index (χ1v) is 27.8. The molecule has 0 aromatic heterocycles. The van der Waals surface area contributed by atoms with Gasteiger partial charge < -0.3 is 39.7 Å². The Morgan fingerprint density at radius 2 is 0.872 bits per heavy atom. The van der Waals surface area contributed by atoms with Crippen molar-refractivity contribution in [3.63, 3.8) is 0 Å². The Balaban J connectivity index is 0.000000255. The van der Waals surface area contributed by atoms with Crippen LogP contribution in [0.2, 0.25) is 0 Å². The van der Waals surface area contributed by atoms with Crippen molar-refractivity contribution >= 4 is 29.9 Å². The molecule has 3 aliphatic heterocycles. The van der Waals surface area contributed by atoms with Crippen molar-refractivity contribution in [3.05, 3.63) is 108 Å². The molecule has 5 amide bonds. The Hall–Kier alpha value is -6.96. The predicted molar refractivity (Wildman–Crippen MR) is 302 cm³/mol. The Morgan fingerprint density at radius 3 is 1.26 bits per heavy atom. The summed E-state index contributed by atoms with van der Waals surface area (Å²) >= 11 is 0. The van der Waals surface area contributed by atoms with Gasteiger partial charge in [-0.05, 0) is 149 Å². The van der Waals surface area contributed by atoms with Crippen molar-refractivity contribution in [2.45, 2.75) is 143 Å². The van der Waals surface area contributed by atoms with Crippen molar-refractivity contribution in [2.75, 3.05) is 73.0 Å². The van der Waals surface area contributed by atoms with Crippen LogP contribution in [0, 0.1) is 50.2 Å². The zero-order chi connectivity index (χ0) is 57.2. The SMILES string of the molecule is CC(C)(C)OC(=O)NCCC(=O)N1CCC(C#N)(Cc2ccccc2)CC1.CC(C)(C)OC(=O)NCCCCC(=O)N1CCC(C#N)(Cc2ccccc2)CC1.CN(C)CC(=O)N1CCC(C#N)(CCc2ccccc2)CC1. The summed E-state index contributed by atoms with van der Waals surface area (Å²) in [6.45, 7) is 15.9. The van der Waals surface area contributed by atoms with Gasteiger partial charge in [0.05, 0.1) is 41.0 Å². The molecule has 0 bridgehead atoms. The minimum Gasteiger partial charge on any atom is -0.444 e. The summed E-state index contributed by atoms with van der Waals surface area (Å²) in [5.74, 6) is 0.297. The molecular weight excluding hydrogens is 983 g/mol. The molecule has 0 aliphatic carbocycles. The van der Waals surface area contributed by atoms with Crippen LogP contribution in [0.5, 0.6) is 0 Å². The lowest BCUT2D eigenvalue weighted by atomic mass is 9.75. The Morgan fingerprint density at radius 1 is 0.513 bits per heavy atom. The lowest BCUT2D eigenvalue weighted by Gasteiger charge is -2.37. The Bertz CT molecular complexity index is 2460. The number of carbonyl (C=O) groups excluding carboxylic acids is 5. The van der Waals surface area contributed by atoms with Gasteiger partial charge in [-0.25, -0.2) is 9.59 Å². The van der Waals surface area contributed by atoms with Gasteiger partial charge in [-0.1, -0.05) is 91.0 Å². The van der Waals surface area contributed by atoms with Crippen molar-refractivity contribution in [1.82, 2.24) is 30.2 Å².